The molecule has 104 valence electrons. The first-order chi connectivity index (χ1) is 9.08. The van der Waals surface area contributed by atoms with Crippen LogP contribution in [0.2, 0.25) is 0 Å². The van der Waals surface area contributed by atoms with Crippen molar-refractivity contribution in [3.05, 3.63) is 35.9 Å². The van der Waals surface area contributed by atoms with E-state index in [-0.39, 0.29) is 18.1 Å². The Kier molecular flexibility index (Phi) is 4.43. The summed E-state index contributed by atoms with van der Waals surface area (Å²) in [5.74, 6) is 0. The van der Waals surface area contributed by atoms with Gasteiger partial charge in [-0.05, 0) is 26.5 Å². The van der Waals surface area contributed by atoms with E-state index in [0.717, 1.165) is 19.6 Å². The van der Waals surface area contributed by atoms with Crippen LogP contribution >= 0.6 is 0 Å². The van der Waals surface area contributed by atoms with Crippen LogP contribution < -0.4 is 5.32 Å². The molecule has 0 aromatic heterocycles. The van der Waals surface area contributed by atoms with E-state index in [0.29, 0.717) is 0 Å². The minimum Gasteiger partial charge on any atom is -0.336 e. The molecule has 19 heavy (non-hydrogen) atoms. The van der Waals surface area contributed by atoms with Gasteiger partial charge in [0.05, 0.1) is 6.04 Å². The van der Waals surface area contributed by atoms with Crippen molar-refractivity contribution in [1.82, 2.24) is 15.1 Å². The Balaban J connectivity index is 2.17. The Bertz CT molecular complexity index is 419. The van der Waals surface area contributed by atoms with Crippen LogP contribution in [0.15, 0.2) is 30.3 Å². The molecular weight excluding hydrogens is 238 g/mol. The first-order valence-corrected chi connectivity index (χ1v) is 6.88. The van der Waals surface area contributed by atoms with Gasteiger partial charge in [0.2, 0.25) is 0 Å². The quantitative estimate of drug-likeness (QED) is 0.885. The summed E-state index contributed by atoms with van der Waals surface area (Å²) in [7, 11) is 2.10. The molecule has 1 fully saturated rings. The van der Waals surface area contributed by atoms with Gasteiger partial charge in [-0.1, -0.05) is 30.3 Å². The summed E-state index contributed by atoms with van der Waals surface area (Å²) in [4.78, 5) is 16.5. The summed E-state index contributed by atoms with van der Waals surface area (Å²) in [6.45, 7) is 6.57. The fourth-order valence-electron chi connectivity index (χ4n) is 2.45. The van der Waals surface area contributed by atoms with Gasteiger partial charge in [-0.25, -0.2) is 4.79 Å². The minimum atomic E-state index is 0.0388. The van der Waals surface area contributed by atoms with Crippen LogP contribution in [0.4, 0.5) is 4.79 Å². The lowest BCUT2D eigenvalue weighted by Gasteiger charge is -2.40. The van der Waals surface area contributed by atoms with Crippen molar-refractivity contribution >= 4 is 6.03 Å². The number of amides is 2. The third-order valence-electron chi connectivity index (χ3n) is 3.44. The SMILES string of the molecule is CC(C)NC(=O)N1CCN(C)CC1c1ccccc1. The molecule has 0 bridgehead atoms. The molecule has 1 aliphatic rings. The van der Waals surface area contributed by atoms with Crippen molar-refractivity contribution in [3.63, 3.8) is 0 Å². The van der Waals surface area contributed by atoms with E-state index in [1.54, 1.807) is 0 Å². The smallest absolute Gasteiger partial charge is 0.318 e. The van der Waals surface area contributed by atoms with E-state index in [9.17, 15) is 4.79 Å². The maximum Gasteiger partial charge on any atom is 0.318 e. The molecule has 2 rings (SSSR count). The number of nitrogens with one attached hydrogen (secondary N) is 1. The summed E-state index contributed by atoms with van der Waals surface area (Å²) in [5, 5.41) is 3.00. The Morgan fingerprint density at radius 1 is 1.26 bits per heavy atom. The highest BCUT2D eigenvalue weighted by molar-refractivity contribution is 5.75. The molecule has 1 atom stereocenters. The molecule has 4 nitrogen and oxygen atoms in total. The van der Waals surface area contributed by atoms with E-state index in [2.05, 4.69) is 29.4 Å². The van der Waals surface area contributed by atoms with Gasteiger partial charge in [0.15, 0.2) is 0 Å². The van der Waals surface area contributed by atoms with Gasteiger partial charge in [0.1, 0.15) is 0 Å². The lowest BCUT2D eigenvalue weighted by atomic mass is 10.0. The topological polar surface area (TPSA) is 35.6 Å². The predicted molar refractivity (Wildman–Crippen MR) is 77.1 cm³/mol. The maximum absolute atomic E-state index is 12.3. The molecule has 1 unspecified atom stereocenters. The first kappa shape index (κ1) is 13.9. The Morgan fingerprint density at radius 3 is 2.58 bits per heavy atom. The van der Waals surface area contributed by atoms with Crippen LogP contribution in [0, 0.1) is 0 Å². The number of carbonyl (C=O) groups excluding carboxylic acids is 1. The fraction of sp³-hybridized carbons (Fsp3) is 0.533. The van der Waals surface area contributed by atoms with E-state index < -0.39 is 0 Å². The summed E-state index contributed by atoms with van der Waals surface area (Å²) in [5.41, 5.74) is 1.20. The standard InChI is InChI=1S/C15H23N3O/c1-12(2)16-15(19)18-10-9-17(3)11-14(18)13-7-5-4-6-8-13/h4-8,12,14H,9-11H2,1-3H3,(H,16,19). The molecular formula is C15H23N3O. The van der Waals surface area contributed by atoms with Gasteiger partial charge in [0.25, 0.3) is 0 Å². The summed E-state index contributed by atoms with van der Waals surface area (Å²) < 4.78 is 0. The number of benzene rings is 1. The molecule has 1 saturated heterocycles. The zero-order valence-corrected chi connectivity index (χ0v) is 12.0. The van der Waals surface area contributed by atoms with Gasteiger partial charge in [-0.3, -0.25) is 0 Å². The average Bonchev–Trinajstić information content (AvgIpc) is 2.38. The molecule has 4 heteroatoms. The second-order valence-corrected chi connectivity index (χ2v) is 5.49. The van der Waals surface area contributed by atoms with Crippen LogP contribution in [0.25, 0.3) is 0 Å². The highest BCUT2D eigenvalue weighted by Crippen LogP contribution is 2.24. The van der Waals surface area contributed by atoms with Crippen molar-refractivity contribution < 1.29 is 4.79 Å². The highest BCUT2D eigenvalue weighted by atomic mass is 16.2. The lowest BCUT2D eigenvalue weighted by molar-refractivity contribution is 0.107. The average molecular weight is 261 g/mol. The molecule has 0 saturated carbocycles. The van der Waals surface area contributed by atoms with E-state index in [1.165, 1.54) is 5.56 Å². The number of hydrogen-bond donors (Lipinski definition) is 1. The van der Waals surface area contributed by atoms with E-state index in [4.69, 9.17) is 0 Å². The Morgan fingerprint density at radius 2 is 1.95 bits per heavy atom. The molecule has 0 spiro atoms. The third kappa shape index (κ3) is 3.47. The monoisotopic (exact) mass is 261 g/mol. The van der Waals surface area contributed by atoms with Crippen molar-refractivity contribution in [1.29, 1.82) is 0 Å². The minimum absolute atomic E-state index is 0.0388. The van der Waals surface area contributed by atoms with Crippen molar-refractivity contribution in [2.24, 2.45) is 0 Å². The van der Waals surface area contributed by atoms with Crippen molar-refractivity contribution in [2.75, 3.05) is 26.7 Å². The van der Waals surface area contributed by atoms with Crippen LogP contribution in [0.3, 0.4) is 0 Å². The fourth-order valence-corrected chi connectivity index (χ4v) is 2.45. The van der Waals surface area contributed by atoms with Gasteiger partial charge < -0.3 is 15.1 Å². The molecule has 1 aromatic rings. The molecule has 1 heterocycles. The zero-order valence-electron chi connectivity index (χ0n) is 12.0. The molecule has 1 aliphatic heterocycles. The number of nitrogens with zero attached hydrogens (tertiary/aromatic N) is 2. The van der Waals surface area contributed by atoms with E-state index in [1.807, 2.05) is 36.9 Å². The normalized spacial score (nSPS) is 20.6. The van der Waals surface area contributed by atoms with Crippen LogP contribution in [-0.4, -0.2) is 48.6 Å². The second kappa shape index (κ2) is 6.06. The molecule has 0 aliphatic carbocycles. The molecule has 2 amide bonds. The van der Waals surface area contributed by atoms with Crippen molar-refractivity contribution in [3.8, 4) is 0 Å². The Labute approximate surface area is 115 Å². The van der Waals surface area contributed by atoms with E-state index >= 15 is 0 Å². The molecule has 1 aromatic carbocycles. The zero-order chi connectivity index (χ0) is 13.8. The largest absolute Gasteiger partial charge is 0.336 e. The van der Waals surface area contributed by atoms with Gasteiger partial charge in [-0.2, -0.15) is 0 Å². The van der Waals surface area contributed by atoms with Gasteiger partial charge in [0, 0.05) is 25.7 Å². The van der Waals surface area contributed by atoms with Gasteiger partial charge in [-0.15, -0.1) is 0 Å². The third-order valence-corrected chi connectivity index (χ3v) is 3.44. The summed E-state index contributed by atoms with van der Waals surface area (Å²) in [6, 6.07) is 10.6. The highest BCUT2D eigenvalue weighted by Gasteiger charge is 2.30. The summed E-state index contributed by atoms with van der Waals surface area (Å²) >= 11 is 0. The molecule has 0 radical (unpaired) electrons. The number of rotatable bonds is 2. The number of hydrogen-bond acceptors (Lipinski definition) is 2. The van der Waals surface area contributed by atoms with Crippen LogP contribution in [0.1, 0.15) is 25.5 Å². The molecule has 1 N–H and O–H groups in total. The Hall–Kier alpha value is -1.55. The lowest BCUT2D eigenvalue weighted by Crippen LogP contribution is -2.53. The number of piperazine rings is 1. The number of carbonyl (C=O) groups is 1. The van der Waals surface area contributed by atoms with Crippen LogP contribution in [0.5, 0.6) is 0 Å². The number of urea groups is 1. The van der Waals surface area contributed by atoms with Crippen molar-refractivity contribution in [2.45, 2.75) is 25.9 Å². The maximum atomic E-state index is 12.3. The second-order valence-electron chi connectivity index (χ2n) is 5.49. The van der Waals surface area contributed by atoms with Gasteiger partial charge >= 0.3 is 6.03 Å². The summed E-state index contributed by atoms with van der Waals surface area (Å²) in [6.07, 6.45) is 0. The number of likely N-dealkylation sites (N-methyl/N-ethyl adjacent to an activating group) is 1. The predicted octanol–water partition coefficient (Wildman–Crippen LogP) is 2.09. The first-order valence-electron chi connectivity index (χ1n) is 6.88. The van der Waals surface area contributed by atoms with Crippen LogP contribution in [-0.2, 0) is 0 Å².